The van der Waals surface area contributed by atoms with Crippen LogP contribution < -0.4 is 5.06 Å². The lowest BCUT2D eigenvalue weighted by Gasteiger charge is -2.18. The number of anilines is 2. The van der Waals surface area contributed by atoms with Crippen LogP contribution in [-0.2, 0) is 0 Å². The number of para-hydroxylation sites is 1. The Morgan fingerprint density at radius 3 is 2.17 bits per heavy atom. The van der Waals surface area contributed by atoms with E-state index >= 15 is 0 Å². The molecule has 0 bridgehead atoms. The zero-order valence-electron chi connectivity index (χ0n) is 9.82. The highest BCUT2D eigenvalue weighted by Gasteiger charge is 2.08. The third-order valence-corrected chi connectivity index (χ3v) is 3.00. The SMILES string of the molecule is ON(c1ccccc1)c1cccc2ccccc12. The molecular weight excluding hydrogens is 222 g/mol. The van der Waals surface area contributed by atoms with Crippen molar-refractivity contribution in [2.45, 2.75) is 0 Å². The summed E-state index contributed by atoms with van der Waals surface area (Å²) < 4.78 is 0. The molecular formula is C16H13NO. The summed E-state index contributed by atoms with van der Waals surface area (Å²) in [6, 6.07) is 23.4. The van der Waals surface area contributed by atoms with Crippen molar-refractivity contribution < 1.29 is 5.21 Å². The van der Waals surface area contributed by atoms with Gasteiger partial charge in [0, 0.05) is 5.39 Å². The highest BCUT2D eigenvalue weighted by Crippen LogP contribution is 2.30. The zero-order valence-corrected chi connectivity index (χ0v) is 9.82. The van der Waals surface area contributed by atoms with E-state index in [9.17, 15) is 5.21 Å². The molecule has 0 fully saturated rings. The maximum absolute atomic E-state index is 10.3. The molecule has 3 rings (SSSR count). The highest BCUT2D eigenvalue weighted by molar-refractivity contribution is 5.95. The third kappa shape index (κ3) is 1.83. The van der Waals surface area contributed by atoms with Crippen LogP contribution in [0.2, 0.25) is 0 Å². The van der Waals surface area contributed by atoms with Crippen molar-refractivity contribution in [3.63, 3.8) is 0 Å². The molecule has 2 nitrogen and oxygen atoms in total. The summed E-state index contributed by atoms with van der Waals surface area (Å²) in [7, 11) is 0. The van der Waals surface area contributed by atoms with Crippen molar-refractivity contribution in [2.24, 2.45) is 0 Å². The van der Waals surface area contributed by atoms with Gasteiger partial charge in [-0.05, 0) is 23.6 Å². The molecule has 0 saturated carbocycles. The molecule has 3 aromatic carbocycles. The van der Waals surface area contributed by atoms with Gasteiger partial charge < -0.3 is 0 Å². The maximum Gasteiger partial charge on any atom is 0.0771 e. The quantitative estimate of drug-likeness (QED) is 0.667. The Labute approximate surface area is 106 Å². The van der Waals surface area contributed by atoms with Crippen LogP contribution in [0.25, 0.3) is 10.8 Å². The van der Waals surface area contributed by atoms with Crippen molar-refractivity contribution >= 4 is 22.1 Å². The van der Waals surface area contributed by atoms with Gasteiger partial charge >= 0.3 is 0 Å². The highest BCUT2D eigenvalue weighted by atomic mass is 16.5. The molecule has 0 aliphatic carbocycles. The summed E-state index contributed by atoms with van der Waals surface area (Å²) in [5, 5.41) is 13.7. The zero-order chi connectivity index (χ0) is 12.4. The van der Waals surface area contributed by atoms with Gasteiger partial charge in [-0.3, -0.25) is 5.21 Å². The van der Waals surface area contributed by atoms with Crippen molar-refractivity contribution in [3.8, 4) is 0 Å². The van der Waals surface area contributed by atoms with Gasteiger partial charge in [0.15, 0.2) is 0 Å². The third-order valence-electron chi connectivity index (χ3n) is 3.00. The van der Waals surface area contributed by atoms with Gasteiger partial charge in [-0.25, -0.2) is 5.06 Å². The lowest BCUT2D eigenvalue weighted by Crippen LogP contribution is -2.10. The van der Waals surface area contributed by atoms with Gasteiger partial charge in [-0.15, -0.1) is 0 Å². The van der Waals surface area contributed by atoms with Crippen molar-refractivity contribution in [3.05, 3.63) is 72.8 Å². The summed E-state index contributed by atoms with van der Waals surface area (Å²) in [6.45, 7) is 0. The second kappa shape index (κ2) is 4.51. The molecule has 1 N–H and O–H groups in total. The van der Waals surface area contributed by atoms with E-state index in [-0.39, 0.29) is 0 Å². The maximum atomic E-state index is 10.3. The van der Waals surface area contributed by atoms with Crippen LogP contribution in [0.5, 0.6) is 0 Å². The Bertz CT molecular complexity index is 659. The number of hydrogen-bond acceptors (Lipinski definition) is 2. The molecule has 0 saturated heterocycles. The molecule has 0 aromatic heterocycles. The molecule has 0 spiro atoms. The Balaban J connectivity index is 2.15. The molecule has 0 radical (unpaired) electrons. The minimum atomic E-state index is 0.758. The lowest BCUT2D eigenvalue weighted by molar-refractivity contribution is 0.302. The Morgan fingerprint density at radius 2 is 1.33 bits per heavy atom. The van der Waals surface area contributed by atoms with Crippen LogP contribution in [0, 0.1) is 0 Å². The van der Waals surface area contributed by atoms with E-state index in [0.717, 1.165) is 22.1 Å². The minimum Gasteiger partial charge on any atom is -0.283 e. The lowest BCUT2D eigenvalue weighted by atomic mass is 10.1. The standard InChI is InChI=1S/C16H13NO/c18-17(14-9-2-1-3-10-14)16-12-6-8-13-7-4-5-11-15(13)16/h1-12,18H. The van der Waals surface area contributed by atoms with Gasteiger partial charge in [-0.2, -0.15) is 0 Å². The summed E-state index contributed by atoms with van der Waals surface area (Å²) >= 11 is 0. The molecule has 0 amide bonds. The molecule has 3 aromatic rings. The van der Waals surface area contributed by atoms with E-state index < -0.39 is 0 Å². The predicted octanol–water partition coefficient (Wildman–Crippen LogP) is 4.37. The molecule has 18 heavy (non-hydrogen) atoms. The fraction of sp³-hybridized carbons (Fsp3) is 0. The fourth-order valence-corrected chi connectivity index (χ4v) is 2.10. The number of benzene rings is 3. The van der Waals surface area contributed by atoms with E-state index in [1.54, 1.807) is 0 Å². The van der Waals surface area contributed by atoms with Crippen LogP contribution >= 0.6 is 0 Å². The molecule has 0 aliphatic heterocycles. The smallest absolute Gasteiger partial charge is 0.0771 e. The summed E-state index contributed by atoms with van der Waals surface area (Å²) in [5.41, 5.74) is 1.55. The van der Waals surface area contributed by atoms with Crippen LogP contribution in [0.1, 0.15) is 0 Å². The first-order valence-corrected chi connectivity index (χ1v) is 5.88. The van der Waals surface area contributed by atoms with Gasteiger partial charge in [0.1, 0.15) is 0 Å². The number of rotatable bonds is 2. The van der Waals surface area contributed by atoms with Crippen LogP contribution in [0.15, 0.2) is 72.8 Å². The average Bonchev–Trinajstić information content (AvgIpc) is 2.47. The van der Waals surface area contributed by atoms with Crippen molar-refractivity contribution in [1.82, 2.24) is 0 Å². The molecule has 0 heterocycles. The topological polar surface area (TPSA) is 23.5 Å². The Morgan fingerprint density at radius 1 is 0.667 bits per heavy atom. The number of fused-ring (bicyclic) bond motifs is 1. The predicted molar refractivity (Wildman–Crippen MR) is 74.3 cm³/mol. The second-order valence-corrected chi connectivity index (χ2v) is 4.15. The van der Waals surface area contributed by atoms with E-state index in [1.165, 1.54) is 5.06 Å². The second-order valence-electron chi connectivity index (χ2n) is 4.15. The minimum absolute atomic E-state index is 0.758. The molecule has 2 heteroatoms. The normalized spacial score (nSPS) is 10.5. The number of nitrogens with zero attached hydrogens (tertiary/aromatic N) is 1. The summed E-state index contributed by atoms with van der Waals surface area (Å²) in [4.78, 5) is 0. The van der Waals surface area contributed by atoms with Gasteiger partial charge in [0.25, 0.3) is 0 Å². The summed E-state index contributed by atoms with van der Waals surface area (Å²) in [5.74, 6) is 0. The van der Waals surface area contributed by atoms with Crippen LogP contribution in [0.4, 0.5) is 11.4 Å². The first-order valence-electron chi connectivity index (χ1n) is 5.88. The Hall–Kier alpha value is -2.32. The average molecular weight is 235 g/mol. The van der Waals surface area contributed by atoms with Gasteiger partial charge in [0.05, 0.1) is 11.4 Å². The first kappa shape index (κ1) is 10.8. The largest absolute Gasteiger partial charge is 0.283 e. The van der Waals surface area contributed by atoms with Gasteiger partial charge in [-0.1, -0.05) is 54.6 Å². The molecule has 0 unspecified atom stereocenters. The van der Waals surface area contributed by atoms with Crippen molar-refractivity contribution in [1.29, 1.82) is 0 Å². The van der Waals surface area contributed by atoms with E-state index in [2.05, 4.69) is 0 Å². The first-order chi connectivity index (χ1) is 8.86. The molecule has 88 valence electrons. The van der Waals surface area contributed by atoms with E-state index in [1.807, 2.05) is 72.8 Å². The summed E-state index contributed by atoms with van der Waals surface area (Å²) in [6.07, 6.45) is 0. The number of hydrogen-bond donors (Lipinski definition) is 1. The van der Waals surface area contributed by atoms with Crippen LogP contribution in [-0.4, -0.2) is 5.21 Å². The van der Waals surface area contributed by atoms with Gasteiger partial charge in [0.2, 0.25) is 0 Å². The molecule has 0 aliphatic rings. The van der Waals surface area contributed by atoms with Crippen molar-refractivity contribution in [2.75, 3.05) is 5.06 Å². The van der Waals surface area contributed by atoms with E-state index in [4.69, 9.17) is 0 Å². The Kier molecular flexibility index (Phi) is 2.71. The monoisotopic (exact) mass is 235 g/mol. The molecule has 0 atom stereocenters. The van der Waals surface area contributed by atoms with Crippen LogP contribution in [0.3, 0.4) is 0 Å². The van der Waals surface area contributed by atoms with E-state index in [0.29, 0.717) is 0 Å². The fourth-order valence-electron chi connectivity index (χ4n) is 2.10.